The number of amides is 1. The average molecular weight is 271 g/mol. The van der Waals surface area contributed by atoms with E-state index in [9.17, 15) is 4.79 Å². The molecule has 0 bridgehead atoms. The number of nitrogens with zero attached hydrogens (tertiary/aromatic N) is 3. The highest BCUT2D eigenvalue weighted by Gasteiger charge is 2.09. The van der Waals surface area contributed by atoms with Crippen molar-refractivity contribution in [2.24, 2.45) is 0 Å². The van der Waals surface area contributed by atoms with Gasteiger partial charge in [-0.15, -0.1) is 5.10 Å². The van der Waals surface area contributed by atoms with Gasteiger partial charge in [0.15, 0.2) is 0 Å². The molecule has 19 heavy (non-hydrogen) atoms. The van der Waals surface area contributed by atoms with Gasteiger partial charge >= 0.3 is 0 Å². The minimum absolute atomic E-state index is 0.211. The van der Waals surface area contributed by atoms with Gasteiger partial charge < -0.3 is 5.32 Å². The van der Waals surface area contributed by atoms with Crippen LogP contribution in [0.2, 0.25) is 0 Å². The number of nitrogens with one attached hydrogen (secondary N) is 2. The zero-order valence-corrected chi connectivity index (χ0v) is 10.5. The summed E-state index contributed by atoms with van der Waals surface area (Å²) in [6.45, 7) is 0. The number of anilines is 1. The smallest absolute Gasteiger partial charge is 0.269 e. The van der Waals surface area contributed by atoms with E-state index in [-0.39, 0.29) is 5.91 Å². The molecule has 0 aliphatic carbocycles. The van der Waals surface area contributed by atoms with Gasteiger partial charge in [0, 0.05) is 17.4 Å². The second-order valence-corrected chi connectivity index (χ2v) is 4.57. The van der Waals surface area contributed by atoms with Crippen molar-refractivity contribution in [3.8, 4) is 11.3 Å². The summed E-state index contributed by atoms with van der Waals surface area (Å²) in [5, 5.41) is 13.2. The zero-order chi connectivity index (χ0) is 13.1. The van der Waals surface area contributed by atoms with Crippen molar-refractivity contribution < 1.29 is 4.79 Å². The van der Waals surface area contributed by atoms with Gasteiger partial charge in [-0.3, -0.25) is 9.89 Å². The summed E-state index contributed by atoms with van der Waals surface area (Å²) >= 11 is 1.06. The Hall–Kier alpha value is -2.54. The Morgan fingerprint density at radius 3 is 3.00 bits per heavy atom. The standard InChI is InChI=1S/C12H9N5OS/c18-12(11-7-14-17-19-11)15-9-3-1-2-8(6-9)10-4-5-13-16-10/h1-7H,(H,13,16)(H,15,18). The number of benzene rings is 1. The maximum Gasteiger partial charge on any atom is 0.269 e. The van der Waals surface area contributed by atoms with Crippen LogP contribution in [0.4, 0.5) is 5.69 Å². The monoisotopic (exact) mass is 271 g/mol. The van der Waals surface area contributed by atoms with Crippen LogP contribution in [0.5, 0.6) is 0 Å². The normalized spacial score (nSPS) is 10.3. The van der Waals surface area contributed by atoms with E-state index in [0.29, 0.717) is 10.6 Å². The summed E-state index contributed by atoms with van der Waals surface area (Å²) in [5.74, 6) is -0.211. The van der Waals surface area contributed by atoms with Crippen molar-refractivity contribution >= 4 is 23.1 Å². The van der Waals surface area contributed by atoms with E-state index in [0.717, 1.165) is 22.8 Å². The minimum Gasteiger partial charge on any atom is -0.321 e. The van der Waals surface area contributed by atoms with E-state index in [1.54, 1.807) is 6.20 Å². The highest BCUT2D eigenvalue weighted by molar-refractivity contribution is 7.07. The number of hydrogen-bond acceptors (Lipinski definition) is 5. The summed E-state index contributed by atoms with van der Waals surface area (Å²) in [5.41, 5.74) is 2.57. The van der Waals surface area contributed by atoms with Crippen LogP contribution in [0.25, 0.3) is 11.3 Å². The van der Waals surface area contributed by atoms with Crippen LogP contribution in [0, 0.1) is 0 Å². The van der Waals surface area contributed by atoms with Gasteiger partial charge in [0.1, 0.15) is 4.88 Å². The first-order chi connectivity index (χ1) is 9.33. The highest BCUT2D eigenvalue weighted by Crippen LogP contribution is 2.20. The molecular weight excluding hydrogens is 262 g/mol. The molecule has 0 saturated carbocycles. The molecule has 1 aromatic carbocycles. The summed E-state index contributed by atoms with van der Waals surface area (Å²) in [7, 11) is 0. The van der Waals surface area contributed by atoms with E-state index in [2.05, 4.69) is 25.1 Å². The first kappa shape index (κ1) is 11.5. The number of carbonyl (C=O) groups is 1. The van der Waals surface area contributed by atoms with Crippen LogP contribution in [0.1, 0.15) is 9.67 Å². The Morgan fingerprint density at radius 2 is 2.26 bits per heavy atom. The van der Waals surface area contributed by atoms with E-state index in [4.69, 9.17) is 0 Å². The summed E-state index contributed by atoms with van der Waals surface area (Å²) in [4.78, 5) is 12.4. The first-order valence-electron chi connectivity index (χ1n) is 5.51. The Labute approximate surface area is 112 Å². The lowest BCUT2D eigenvalue weighted by Gasteiger charge is -2.05. The third kappa shape index (κ3) is 2.50. The highest BCUT2D eigenvalue weighted by atomic mass is 32.1. The topological polar surface area (TPSA) is 83.6 Å². The van der Waals surface area contributed by atoms with Crippen LogP contribution in [0.3, 0.4) is 0 Å². The number of hydrogen-bond donors (Lipinski definition) is 2. The van der Waals surface area contributed by atoms with Crippen molar-refractivity contribution in [1.82, 2.24) is 19.8 Å². The Balaban J connectivity index is 1.82. The molecule has 0 radical (unpaired) electrons. The molecule has 0 fully saturated rings. The van der Waals surface area contributed by atoms with Gasteiger partial charge in [-0.25, -0.2) is 0 Å². The molecule has 0 spiro atoms. The number of H-pyrrole nitrogens is 1. The molecule has 0 aliphatic heterocycles. The van der Waals surface area contributed by atoms with Crippen molar-refractivity contribution in [3.05, 3.63) is 47.6 Å². The zero-order valence-electron chi connectivity index (χ0n) is 9.70. The summed E-state index contributed by atoms with van der Waals surface area (Å²) in [6, 6.07) is 9.38. The van der Waals surface area contributed by atoms with E-state index >= 15 is 0 Å². The second-order valence-electron chi connectivity index (χ2n) is 3.79. The van der Waals surface area contributed by atoms with Crippen molar-refractivity contribution in [2.45, 2.75) is 0 Å². The molecule has 0 saturated heterocycles. The fraction of sp³-hybridized carbons (Fsp3) is 0. The molecule has 1 amide bonds. The maximum atomic E-state index is 11.9. The van der Waals surface area contributed by atoms with Crippen LogP contribution < -0.4 is 5.32 Å². The number of aromatic amines is 1. The fourth-order valence-corrected chi connectivity index (χ4v) is 2.05. The Bertz CT molecular complexity index is 678. The van der Waals surface area contributed by atoms with Gasteiger partial charge in [0.25, 0.3) is 5.91 Å². The number of rotatable bonds is 3. The summed E-state index contributed by atoms with van der Waals surface area (Å²) in [6.07, 6.45) is 3.13. The largest absolute Gasteiger partial charge is 0.321 e. The lowest BCUT2D eigenvalue weighted by Crippen LogP contribution is -2.10. The average Bonchev–Trinajstić information content (AvgIpc) is 3.13. The van der Waals surface area contributed by atoms with Gasteiger partial charge in [0.2, 0.25) is 0 Å². The molecule has 3 rings (SSSR count). The molecule has 0 atom stereocenters. The molecular formula is C12H9N5OS. The quantitative estimate of drug-likeness (QED) is 0.764. The predicted molar refractivity (Wildman–Crippen MR) is 71.9 cm³/mol. The second kappa shape index (κ2) is 4.99. The Kier molecular flexibility index (Phi) is 3.03. The maximum absolute atomic E-state index is 11.9. The van der Waals surface area contributed by atoms with Gasteiger partial charge in [0.05, 0.1) is 11.9 Å². The van der Waals surface area contributed by atoms with Crippen LogP contribution in [-0.2, 0) is 0 Å². The molecule has 2 aromatic heterocycles. The van der Waals surface area contributed by atoms with Gasteiger partial charge in [-0.1, -0.05) is 16.6 Å². The van der Waals surface area contributed by atoms with Crippen molar-refractivity contribution in [3.63, 3.8) is 0 Å². The molecule has 94 valence electrons. The van der Waals surface area contributed by atoms with E-state index in [1.165, 1.54) is 6.20 Å². The number of carbonyl (C=O) groups excluding carboxylic acids is 1. The molecule has 2 heterocycles. The third-order valence-corrected chi connectivity index (χ3v) is 3.18. The molecule has 2 N–H and O–H groups in total. The van der Waals surface area contributed by atoms with Crippen molar-refractivity contribution in [1.29, 1.82) is 0 Å². The van der Waals surface area contributed by atoms with E-state index in [1.807, 2.05) is 30.3 Å². The molecule has 7 heteroatoms. The van der Waals surface area contributed by atoms with Gasteiger partial charge in [-0.2, -0.15) is 5.10 Å². The first-order valence-corrected chi connectivity index (χ1v) is 6.29. The third-order valence-electron chi connectivity index (χ3n) is 2.52. The predicted octanol–water partition coefficient (Wildman–Crippen LogP) is 2.18. The van der Waals surface area contributed by atoms with Crippen LogP contribution in [0.15, 0.2) is 42.7 Å². The van der Waals surface area contributed by atoms with Crippen molar-refractivity contribution in [2.75, 3.05) is 5.32 Å². The van der Waals surface area contributed by atoms with E-state index < -0.39 is 0 Å². The van der Waals surface area contributed by atoms with Crippen LogP contribution in [-0.4, -0.2) is 25.7 Å². The lowest BCUT2D eigenvalue weighted by atomic mass is 10.1. The molecule has 3 aromatic rings. The van der Waals surface area contributed by atoms with Crippen LogP contribution >= 0.6 is 11.5 Å². The lowest BCUT2D eigenvalue weighted by molar-refractivity contribution is 0.103. The summed E-state index contributed by atoms with van der Waals surface area (Å²) < 4.78 is 3.66. The molecule has 0 aliphatic rings. The fourth-order valence-electron chi connectivity index (χ4n) is 1.64. The minimum atomic E-state index is -0.211. The Morgan fingerprint density at radius 1 is 1.32 bits per heavy atom. The molecule has 6 nitrogen and oxygen atoms in total. The van der Waals surface area contributed by atoms with Gasteiger partial charge in [-0.05, 0) is 29.7 Å². The SMILES string of the molecule is O=C(Nc1cccc(-c2ccn[nH]2)c1)c1cnns1. The number of aromatic nitrogens is 4. The molecule has 0 unspecified atom stereocenters.